The fraction of sp³-hybridized carbons (Fsp3) is 0.458. The standard InChI is InChI=1S/C24H30ClF2N3O4/c1-4-5-6-8-18-19(15(2)22(32)28-9-7-10-31)13-30(24(18)33)16(3)17-11-20(25)23(29-12-17)34-14-21(26)27/h6,8,11-12,16,21,31H,2,4-5,7,9-10,13-14H2,1,3H3,(H,28,32)/b8-6-. The number of carbonyl (C=O) groups is 2. The number of aromatic nitrogens is 1. The topological polar surface area (TPSA) is 91.8 Å². The Balaban J connectivity index is 2.25. The highest BCUT2D eigenvalue weighted by Crippen LogP contribution is 2.34. The predicted molar refractivity (Wildman–Crippen MR) is 126 cm³/mol. The van der Waals surface area contributed by atoms with Gasteiger partial charge in [-0.1, -0.05) is 43.7 Å². The Morgan fingerprint density at radius 2 is 2.21 bits per heavy atom. The molecule has 2 heterocycles. The fourth-order valence-electron chi connectivity index (χ4n) is 3.34. The maximum atomic E-state index is 13.3. The van der Waals surface area contributed by atoms with Crippen molar-refractivity contribution < 1.29 is 28.2 Å². The van der Waals surface area contributed by atoms with Crippen LogP contribution < -0.4 is 10.1 Å². The Morgan fingerprint density at radius 1 is 1.47 bits per heavy atom. The zero-order chi connectivity index (χ0) is 25.3. The summed E-state index contributed by atoms with van der Waals surface area (Å²) in [6.07, 6.45) is 4.45. The van der Waals surface area contributed by atoms with Crippen LogP contribution in [-0.4, -0.2) is 59.5 Å². The molecule has 2 rings (SSSR count). The molecule has 1 aromatic rings. The third-order valence-corrected chi connectivity index (χ3v) is 5.54. The molecular weight excluding hydrogens is 468 g/mol. The van der Waals surface area contributed by atoms with Crippen molar-refractivity contribution in [3.05, 3.63) is 58.3 Å². The first-order chi connectivity index (χ1) is 16.2. The van der Waals surface area contributed by atoms with Gasteiger partial charge in [0.15, 0.2) is 6.61 Å². The number of nitrogens with zero attached hydrogens (tertiary/aromatic N) is 2. The third kappa shape index (κ3) is 7.11. The molecular formula is C24H30ClF2N3O4. The summed E-state index contributed by atoms with van der Waals surface area (Å²) in [6, 6.07) is 1.05. The van der Waals surface area contributed by atoms with Gasteiger partial charge in [0.1, 0.15) is 5.02 Å². The van der Waals surface area contributed by atoms with E-state index in [9.17, 15) is 18.4 Å². The van der Waals surface area contributed by atoms with Crippen LogP contribution in [0.5, 0.6) is 5.88 Å². The molecule has 0 spiro atoms. The molecule has 34 heavy (non-hydrogen) atoms. The smallest absolute Gasteiger partial charge is 0.272 e. The number of hydrogen-bond acceptors (Lipinski definition) is 5. The number of nitrogens with one attached hydrogen (secondary N) is 1. The second-order valence-electron chi connectivity index (χ2n) is 7.76. The number of hydrogen-bond donors (Lipinski definition) is 2. The average molecular weight is 498 g/mol. The van der Waals surface area contributed by atoms with E-state index in [2.05, 4.69) is 16.9 Å². The summed E-state index contributed by atoms with van der Waals surface area (Å²) < 4.78 is 29.7. The molecule has 1 aromatic heterocycles. The second kappa shape index (κ2) is 13.2. The first kappa shape index (κ1) is 27.5. The van der Waals surface area contributed by atoms with Gasteiger partial charge in [0.25, 0.3) is 18.2 Å². The van der Waals surface area contributed by atoms with Gasteiger partial charge in [-0.15, -0.1) is 0 Å². The molecule has 0 radical (unpaired) electrons. The maximum absolute atomic E-state index is 13.3. The molecule has 2 amide bonds. The SMILES string of the molecule is C=C(C(=O)NCCCO)C1=C(/C=C\CCC)C(=O)N(C(C)c2cnc(OCC(F)F)c(Cl)c2)C1. The first-order valence-electron chi connectivity index (χ1n) is 11.1. The van der Waals surface area contributed by atoms with Crippen molar-refractivity contribution in [1.82, 2.24) is 15.2 Å². The van der Waals surface area contributed by atoms with E-state index in [4.69, 9.17) is 21.4 Å². The van der Waals surface area contributed by atoms with Crippen molar-refractivity contribution >= 4 is 23.4 Å². The number of aliphatic hydroxyl groups is 1. The predicted octanol–water partition coefficient (Wildman–Crippen LogP) is 3.99. The summed E-state index contributed by atoms with van der Waals surface area (Å²) >= 11 is 6.15. The number of halogens is 3. The Kier molecular flexibility index (Phi) is 10.7. The molecule has 7 nitrogen and oxygen atoms in total. The summed E-state index contributed by atoms with van der Waals surface area (Å²) in [6.45, 7) is 7.27. The maximum Gasteiger partial charge on any atom is 0.272 e. The molecule has 1 aliphatic rings. The highest BCUT2D eigenvalue weighted by Gasteiger charge is 2.35. The van der Waals surface area contributed by atoms with Crippen LogP contribution in [0.2, 0.25) is 5.02 Å². The van der Waals surface area contributed by atoms with Crippen LogP contribution in [0.15, 0.2) is 47.7 Å². The van der Waals surface area contributed by atoms with E-state index in [-0.39, 0.29) is 35.5 Å². The lowest BCUT2D eigenvalue weighted by atomic mass is 10.0. The van der Waals surface area contributed by atoms with Gasteiger partial charge in [0, 0.05) is 37.0 Å². The summed E-state index contributed by atoms with van der Waals surface area (Å²) in [4.78, 5) is 31.4. The lowest BCUT2D eigenvalue weighted by molar-refractivity contribution is -0.127. The van der Waals surface area contributed by atoms with E-state index in [1.54, 1.807) is 17.9 Å². The number of amides is 2. The quantitative estimate of drug-likeness (QED) is 0.317. The normalized spacial score (nSPS) is 14.9. The van der Waals surface area contributed by atoms with E-state index in [1.807, 2.05) is 13.0 Å². The minimum atomic E-state index is -2.66. The molecule has 1 unspecified atom stereocenters. The largest absolute Gasteiger partial charge is 0.471 e. The number of aliphatic hydroxyl groups excluding tert-OH is 1. The Labute approximate surface area is 203 Å². The van der Waals surface area contributed by atoms with E-state index >= 15 is 0 Å². The molecule has 1 atom stereocenters. The summed E-state index contributed by atoms with van der Waals surface area (Å²) in [5, 5.41) is 11.7. The Bertz CT molecular complexity index is 966. The fourth-order valence-corrected chi connectivity index (χ4v) is 3.57. The van der Waals surface area contributed by atoms with Crippen molar-refractivity contribution in [3.63, 3.8) is 0 Å². The van der Waals surface area contributed by atoms with Crippen LogP contribution in [0.4, 0.5) is 8.78 Å². The molecule has 0 fully saturated rings. The lowest BCUT2D eigenvalue weighted by Gasteiger charge is -2.25. The van der Waals surface area contributed by atoms with Gasteiger partial charge >= 0.3 is 0 Å². The number of ether oxygens (including phenoxy) is 1. The molecule has 186 valence electrons. The van der Waals surface area contributed by atoms with Crippen molar-refractivity contribution in [2.75, 3.05) is 26.3 Å². The molecule has 1 aliphatic heterocycles. The molecule has 0 bridgehead atoms. The van der Waals surface area contributed by atoms with Crippen molar-refractivity contribution in [1.29, 1.82) is 0 Å². The molecule has 0 saturated heterocycles. The highest BCUT2D eigenvalue weighted by molar-refractivity contribution is 6.31. The van der Waals surface area contributed by atoms with Gasteiger partial charge in [-0.2, -0.15) is 0 Å². The first-order valence-corrected chi connectivity index (χ1v) is 11.4. The molecule has 10 heteroatoms. The molecule has 0 aromatic carbocycles. The monoisotopic (exact) mass is 497 g/mol. The Hall–Kier alpha value is -2.78. The van der Waals surface area contributed by atoms with Gasteiger partial charge in [0.2, 0.25) is 5.88 Å². The number of alkyl halides is 2. The number of carbonyl (C=O) groups excluding carboxylic acids is 2. The Morgan fingerprint density at radius 3 is 2.82 bits per heavy atom. The second-order valence-corrected chi connectivity index (χ2v) is 8.17. The molecule has 0 saturated carbocycles. The van der Waals surface area contributed by atoms with E-state index in [0.717, 1.165) is 12.8 Å². The molecule has 0 aliphatic carbocycles. The lowest BCUT2D eigenvalue weighted by Crippen LogP contribution is -2.31. The van der Waals surface area contributed by atoms with E-state index in [1.165, 1.54) is 12.3 Å². The van der Waals surface area contributed by atoms with Gasteiger partial charge < -0.3 is 20.1 Å². The average Bonchev–Trinajstić information content (AvgIpc) is 3.13. The van der Waals surface area contributed by atoms with Gasteiger partial charge in [-0.25, -0.2) is 13.8 Å². The minimum absolute atomic E-state index is 0.0488. The summed E-state index contributed by atoms with van der Waals surface area (Å²) in [7, 11) is 0. The van der Waals surface area contributed by atoms with E-state index in [0.29, 0.717) is 29.7 Å². The number of unbranched alkanes of at least 4 members (excludes halogenated alkanes) is 1. The summed E-state index contributed by atoms with van der Waals surface area (Å²) in [5.41, 5.74) is 1.67. The van der Waals surface area contributed by atoms with Gasteiger partial charge in [-0.3, -0.25) is 9.59 Å². The third-order valence-electron chi connectivity index (χ3n) is 5.27. The van der Waals surface area contributed by atoms with Crippen LogP contribution in [-0.2, 0) is 9.59 Å². The summed E-state index contributed by atoms with van der Waals surface area (Å²) in [5.74, 6) is -0.786. The van der Waals surface area contributed by atoms with Crippen LogP contribution in [0.25, 0.3) is 0 Å². The van der Waals surface area contributed by atoms with Crippen LogP contribution in [0.3, 0.4) is 0 Å². The van der Waals surface area contributed by atoms with Crippen LogP contribution in [0, 0.1) is 0 Å². The zero-order valence-electron chi connectivity index (χ0n) is 19.3. The zero-order valence-corrected chi connectivity index (χ0v) is 20.1. The number of allylic oxidation sites excluding steroid dienone is 1. The number of pyridine rings is 1. The number of rotatable bonds is 13. The van der Waals surface area contributed by atoms with Crippen LogP contribution >= 0.6 is 11.6 Å². The van der Waals surface area contributed by atoms with Crippen molar-refractivity contribution in [2.45, 2.75) is 45.6 Å². The van der Waals surface area contributed by atoms with Crippen molar-refractivity contribution in [2.24, 2.45) is 0 Å². The van der Waals surface area contributed by atoms with Gasteiger partial charge in [0.05, 0.1) is 6.04 Å². The van der Waals surface area contributed by atoms with Crippen LogP contribution in [0.1, 0.15) is 44.7 Å². The van der Waals surface area contributed by atoms with E-state index < -0.39 is 25.0 Å². The van der Waals surface area contributed by atoms with Gasteiger partial charge in [-0.05, 0) is 37.0 Å². The molecule has 2 N–H and O–H groups in total. The minimum Gasteiger partial charge on any atom is -0.471 e. The highest BCUT2D eigenvalue weighted by atomic mass is 35.5. The van der Waals surface area contributed by atoms with Crippen molar-refractivity contribution in [3.8, 4) is 5.88 Å².